The van der Waals surface area contributed by atoms with Crippen molar-refractivity contribution in [2.24, 2.45) is 5.73 Å². The molecule has 0 radical (unpaired) electrons. The van der Waals surface area contributed by atoms with E-state index in [4.69, 9.17) is 5.73 Å². The summed E-state index contributed by atoms with van der Waals surface area (Å²) in [5.41, 5.74) is 6.70. The SMILES string of the molecule is NCC1(Nc2nccn3cnnc23)CCCCC1. The van der Waals surface area contributed by atoms with Crippen LogP contribution in [0.1, 0.15) is 32.1 Å². The Hall–Kier alpha value is -1.69. The molecule has 1 saturated carbocycles. The average molecular weight is 246 g/mol. The van der Waals surface area contributed by atoms with Gasteiger partial charge in [-0.15, -0.1) is 10.2 Å². The minimum atomic E-state index is -0.0287. The lowest BCUT2D eigenvalue weighted by atomic mass is 9.82. The molecule has 1 aliphatic rings. The quantitative estimate of drug-likeness (QED) is 0.850. The number of nitrogens with two attached hydrogens (primary N) is 1. The molecule has 0 amide bonds. The van der Waals surface area contributed by atoms with Gasteiger partial charge in [0.15, 0.2) is 5.82 Å². The van der Waals surface area contributed by atoms with Crippen LogP contribution in [0.5, 0.6) is 0 Å². The summed E-state index contributed by atoms with van der Waals surface area (Å²) in [4.78, 5) is 4.38. The van der Waals surface area contributed by atoms with E-state index in [1.54, 1.807) is 12.5 Å². The van der Waals surface area contributed by atoms with Gasteiger partial charge in [0.05, 0.1) is 5.54 Å². The molecule has 1 fully saturated rings. The second-order valence-electron chi connectivity index (χ2n) is 5.01. The Morgan fingerprint density at radius 1 is 1.33 bits per heavy atom. The largest absolute Gasteiger partial charge is 0.360 e. The summed E-state index contributed by atoms with van der Waals surface area (Å²) in [5, 5.41) is 11.5. The van der Waals surface area contributed by atoms with E-state index in [2.05, 4.69) is 20.5 Å². The molecule has 0 unspecified atom stereocenters. The molecule has 0 aliphatic heterocycles. The van der Waals surface area contributed by atoms with Gasteiger partial charge in [-0.05, 0) is 12.8 Å². The molecule has 2 aromatic rings. The second-order valence-corrected chi connectivity index (χ2v) is 5.01. The number of rotatable bonds is 3. The van der Waals surface area contributed by atoms with Gasteiger partial charge >= 0.3 is 0 Å². The van der Waals surface area contributed by atoms with Crippen molar-refractivity contribution in [3.05, 3.63) is 18.7 Å². The van der Waals surface area contributed by atoms with Crippen LogP contribution in [0, 0.1) is 0 Å². The third-order valence-corrected chi connectivity index (χ3v) is 3.80. The number of hydrogen-bond donors (Lipinski definition) is 2. The fraction of sp³-hybridized carbons (Fsp3) is 0.583. The number of nitrogens with zero attached hydrogens (tertiary/aromatic N) is 4. The Morgan fingerprint density at radius 3 is 2.94 bits per heavy atom. The monoisotopic (exact) mass is 246 g/mol. The van der Waals surface area contributed by atoms with Crippen LogP contribution in [0.15, 0.2) is 18.7 Å². The third kappa shape index (κ3) is 1.92. The summed E-state index contributed by atoms with van der Waals surface area (Å²) in [5.74, 6) is 0.780. The Balaban J connectivity index is 1.92. The first-order valence-corrected chi connectivity index (χ1v) is 6.46. The molecule has 0 bridgehead atoms. The van der Waals surface area contributed by atoms with E-state index in [1.807, 2.05) is 10.6 Å². The van der Waals surface area contributed by atoms with Gasteiger partial charge in [0.25, 0.3) is 0 Å². The molecule has 18 heavy (non-hydrogen) atoms. The summed E-state index contributed by atoms with van der Waals surface area (Å²) < 4.78 is 1.86. The molecule has 2 heterocycles. The van der Waals surface area contributed by atoms with Crippen molar-refractivity contribution in [3.8, 4) is 0 Å². The first-order chi connectivity index (χ1) is 8.83. The summed E-state index contributed by atoms with van der Waals surface area (Å²) in [6, 6.07) is 0. The lowest BCUT2D eigenvalue weighted by Crippen LogP contribution is -2.47. The van der Waals surface area contributed by atoms with Gasteiger partial charge < -0.3 is 11.1 Å². The van der Waals surface area contributed by atoms with Gasteiger partial charge in [-0.2, -0.15) is 0 Å². The number of fused-ring (bicyclic) bond motifs is 1. The molecule has 0 aromatic carbocycles. The van der Waals surface area contributed by atoms with Gasteiger partial charge in [-0.1, -0.05) is 19.3 Å². The van der Waals surface area contributed by atoms with Crippen molar-refractivity contribution in [1.29, 1.82) is 0 Å². The molecule has 96 valence electrons. The smallest absolute Gasteiger partial charge is 0.203 e. The molecule has 0 saturated heterocycles. The van der Waals surface area contributed by atoms with Crippen molar-refractivity contribution in [1.82, 2.24) is 19.6 Å². The number of nitrogens with one attached hydrogen (secondary N) is 1. The van der Waals surface area contributed by atoms with Crippen molar-refractivity contribution in [2.45, 2.75) is 37.6 Å². The zero-order valence-electron chi connectivity index (χ0n) is 10.3. The third-order valence-electron chi connectivity index (χ3n) is 3.80. The van der Waals surface area contributed by atoms with Gasteiger partial charge in [0.1, 0.15) is 6.33 Å². The van der Waals surface area contributed by atoms with E-state index in [1.165, 1.54) is 19.3 Å². The number of aromatic nitrogens is 4. The summed E-state index contributed by atoms with van der Waals surface area (Å²) in [6.45, 7) is 0.629. The van der Waals surface area contributed by atoms with E-state index in [9.17, 15) is 0 Å². The van der Waals surface area contributed by atoms with Gasteiger partial charge in [0, 0.05) is 18.9 Å². The van der Waals surface area contributed by atoms with Crippen LogP contribution in [0.25, 0.3) is 5.65 Å². The number of anilines is 1. The standard InChI is InChI=1S/C12H18N6/c13-8-12(4-2-1-3-5-12)16-10-11-17-15-9-18(11)7-6-14-10/h6-7,9H,1-5,8,13H2,(H,14,16). The maximum Gasteiger partial charge on any atom is 0.203 e. The Labute approximate surface area is 106 Å². The molecular weight excluding hydrogens is 228 g/mol. The number of hydrogen-bond acceptors (Lipinski definition) is 5. The maximum absolute atomic E-state index is 5.97. The van der Waals surface area contributed by atoms with Crippen LogP contribution in [-0.2, 0) is 0 Å². The predicted molar refractivity (Wildman–Crippen MR) is 69.3 cm³/mol. The molecule has 2 aromatic heterocycles. The fourth-order valence-corrected chi connectivity index (χ4v) is 2.71. The van der Waals surface area contributed by atoms with Gasteiger partial charge in [-0.3, -0.25) is 4.40 Å². The van der Waals surface area contributed by atoms with Crippen LogP contribution in [0.3, 0.4) is 0 Å². The van der Waals surface area contributed by atoms with Crippen LogP contribution in [0.2, 0.25) is 0 Å². The molecule has 6 heteroatoms. The zero-order valence-corrected chi connectivity index (χ0v) is 10.3. The van der Waals surface area contributed by atoms with E-state index < -0.39 is 0 Å². The Morgan fingerprint density at radius 2 is 2.17 bits per heavy atom. The molecule has 1 aliphatic carbocycles. The van der Waals surface area contributed by atoms with Gasteiger partial charge in [-0.25, -0.2) is 4.98 Å². The van der Waals surface area contributed by atoms with E-state index in [0.717, 1.165) is 24.3 Å². The lowest BCUT2D eigenvalue weighted by molar-refractivity contribution is 0.330. The molecule has 0 spiro atoms. The average Bonchev–Trinajstić information content (AvgIpc) is 2.89. The maximum atomic E-state index is 5.97. The van der Waals surface area contributed by atoms with E-state index in [-0.39, 0.29) is 5.54 Å². The summed E-state index contributed by atoms with van der Waals surface area (Å²) in [7, 11) is 0. The Kier molecular flexibility index (Phi) is 2.87. The summed E-state index contributed by atoms with van der Waals surface area (Å²) >= 11 is 0. The zero-order chi connectivity index (χ0) is 12.4. The first-order valence-electron chi connectivity index (χ1n) is 6.46. The van der Waals surface area contributed by atoms with E-state index in [0.29, 0.717) is 6.54 Å². The molecule has 6 nitrogen and oxygen atoms in total. The van der Waals surface area contributed by atoms with Crippen LogP contribution in [-0.4, -0.2) is 31.7 Å². The fourth-order valence-electron chi connectivity index (χ4n) is 2.71. The van der Waals surface area contributed by atoms with Gasteiger partial charge in [0.2, 0.25) is 5.65 Å². The predicted octanol–water partition coefficient (Wildman–Crippen LogP) is 1.20. The molecule has 0 atom stereocenters. The summed E-state index contributed by atoms with van der Waals surface area (Å²) in [6.07, 6.45) is 11.2. The van der Waals surface area contributed by atoms with Crippen molar-refractivity contribution in [2.75, 3.05) is 11.9 Å². The van der Waals surface area contributed by atoms with Crippen LogP contribution >= 0.6 is 0 Å². The van der Waals surface area contributed by atoms with Crippen LogP contribution < -0.4 is 11.1 Å². The van der Waals surface area contributed by atoms with Crippen molar-refractivity contribution in [3.63, 3.8) is 0 Å². The molecule has 3 rings (SSSR count). The second kappa shape index (κ2) is 4.53. The Bertz CT molecular complexity index is 528. The van der Waals surface area contributed by atoms with E-state index >= 15 is 0 Å². The lowest BCUT2D eigenvalue weighted by Gasteiger charge is -2.37. The molecular formula is C12H18N6. The minimum absolute atomic E-state index is 0.0287. The topological polar surface area (TPSA) is 81.1 Å². The van der Waals surface area contributed by atoms with Crippen LogP contribution in [0.4, 0.5) is 5.82 Å². The first kappa shape index (κ1) is 11.4. The highest BCUT2D eigenvalue weighted by Gasteiger charge is 2.31. The normalized spacial score (nSPS) is 18.9. The highest BCUT2D eigenvalue weighted by Crippen LogP contribution is 2.31. The van der Waals surface area contributed by atoms with Crippen molar-refractivity contribution < 1.29 is 0 Å². The highest BCUT2D eigenvalue weighted by molar-refractivity contribution is 5.62. The minimum Gasteiger partial charge on any atom is -0.360 e. The van der Waals surface area contributed by atoms with Crippen molar-refractivity contribution >= 4 is 11.5 Å². The molecule has 3 N–H and O–H groups in total. The highest BCUT2D eigenvalue weighted by atomic mass is 15.3.